The number of hydrogen-bond donors (Lipinski definition) is 2. The Balaban J connectivity index is 2.44. The van der Waals surface area contributed by atoms with Crippen molar-refractivity contribution in [3.63, 3.8) is 0 Å². The second kappa shape index (κ2) is 3.60. The molecule has 0 aliphatic carbocycles. The van der Waals surface area contributed by atoms with Gasteiger partial charge in [-0.1, -0.05) is 11.6 Å². The van der Waals surface area contributed by atoms with Crippen LogP contribution in [0.4, 0.5) is 0 Å². The standard InChI is InChI=1S/C9H7ClO5/c10-5-2-7-6(14-3-15-7)1-4(5)8(11)9(12)13/h1-2,8,11H,3H2,(H,12,13). The van der Waals surface area contributed by atoms with Crippen LogP contribution in [0.3, 0.4) is 0 Å². The number of carbonyl (C=O) groups is 1. The number of benzene rings is 1. The maximum absolute atomic E-state index is 10.6. The molecule has 2 rings (SSSR count). The topological polar surface area (TPSA) is 76.0 Å². The molecule has 15 heavy (non-hydrogen) atoms. The lowest BCUT2D eigenvalue weighted by Gasteiger charge is -2.08. The molecule has 5 nitrogen and oxygen atoms in total. The highest BCUT2D eigenvalue weighted by Gasteiger charge is 2.24. The molecule has 0 saturated heterocycles. The number of ether oxygens (including phenoxy) is 2. The summed E-state index contributed by atoms with van der Waals surface area (Å²) in [7, 11) is 0. The van der Waals surface area contributed by atoms with Crippen LogP contribution < -0.4 is 9.47 Å². The molecule has 6 heteroatoms. The first-order chi connectivity index (χ1) is 7.09. The number of carboxylic acid groups (broad SMARTS) is 1. The third-order valence-corrected chi connectivity index (χ3v) is 2.35. The van der Waals surface area contributed by atoms with E-state index in [9.17, 15) is 9.90 Å². The first-order valence-corrected chi connectivity index (χ1v) is 4.47. The molecule has 1 atom stereocenters. The Morgan fingerprint density at radius 2 is 2.00 bits per heavy atom. The highest BCUT2D eigenvalue weighted by Crippen LogP contribution is 2.38. The zero-order valence-corrected chi connectivity index (χ0v) is 8.19. The quantitative estimate of drug-likeness (QED) is 0.798. The minimum absolute atomic E-state index is 0.0677. The number of aliphatic carboxylic acids is 1. The number of aliphatic hydroxyl groups is 1. The summed E-state index contributed by atoms with van der Waals surface area (Å²) in [5, 5.41) is 18.1. The Bertz CT molecular complexity index is 417. The molecule has 1 aliphatic heterocycles. The van der Waals surface area contributed by atoms with Gasteiger partial charge in [0, 0.05) is 11.6 Å². The molecule has 0 radical (unpaired) electrons. The molecule has 0 amide bonds. The Kier molecular flexibility index (Phi) is 2.42. The fraction of sp³-hybridized carbons (Fsp3) is 0.222. The lowest BCUT2D eigenvalue weighted by Crippen LogP contribution is -2.10. The van der Waals surface area contributed by atoms with Gasteiger partial charge in [0.25, 0.3) is 0 Å². The average Bonchev–Trinajstić information content (AvgIpc) is 2.62. The first-order valence-electron chi connectivity index (χ1n) is 4.09. The number of halogens is 1. The number of carboxylic acids is 1. The molecule has 1 unspecified atom stereocenters. The summed E-state index contributed by atoms with van der Waals surface area (Å²) in [6, 6.07) is 2.79. The van der Waals surface area contributed by atoms with E-state index in [1.54, 1.807) is 0 Å². The van der Waals surface area contributed by atoms with E-state index in [0.29, 0.717) is 11.5 Å². The molecule has 0 spiro atoms. The number of fused-ring (bicyclic) bond motifs is 1. The van der Waals surface area contributed by atoms with E-state index in [0.717, 1.165) is 0 Å². The second-order valence-corrected chi connectivity index (χ2v) is 3.37. The van der Waals surface area contributed by atoms with Crippen molar-refractivity contribution in [1.29, 1.82) is 0 Å². The van der Waals surface area contributed by atoms with E-state index in [2.05, 4.69) is 0 Å². The molecule has 0 bridgehead atoms. The van der Waals surface area contributed by atoms with Gasteiger partial charge in [0.05, 0.1) is 5.02 Å². The van der Waals surface area contributed by atoms with Crippen LogP contribution >= 0.6 is 11.6 Å². The highest BCUT2D eigenvalue weighted by atomic mass is 35.5. The van der Waals surface area contributed by atoms with Gasteiger partial charge in [-0.15, -0.1) is 0 Å². The summed E-state index contributed by atoms with van der Waals surface area (Å²) in [6.45, 7) is 0.0677. The van der Waals surface area contributed by atoms with E-state index >= 15 is 0 Å². The minimum Gasteiger partial charge on any atom is -0.479 e. The van der Waals surface area contributed by atoms with Gasteiger partial charge >= 0.3 is 5.97 Å². The molecule has 1 aliphatic rings. The van der Waals surface area contributed by atoms with Crippen LogP contribution in [-0.2, 0) is 4.79 Å². The monoisotopic (exact) mass is 230 g/mol. The number of hydrogen-bond acceptors (Lipinski definition) is 4. The lowest BCUT2D eigenvalue weighted by molar-refractivity contribution is -0.146. The molecule has 0 aromatic heterocycles. The van der Waals surface area contributed by atoms with Crippen LogP contribution in [0.25, 0.3) is 0 Å². The minimum atomic E-state index is -1.66. The predicted octanol–water partition coefficient (Wildman–Crippen LogP) is 1.19. The van der Waals surface area contributed by atoms with Gasteiger partial charge in [0.15, 0.2) is 17.6 Å². The van der Waals surface area contributed by atoms with Crippen molar-refractivity contribution in [2.24, 2.45) is 0 Å². The Labute approximate surface area is 89.8 Å². The van der Waals surface area contributed by atoms with Gasteiger partial charge in [0.1, 0.15) is 0 Å². The van der Waals surface area contributed by atoms with E-state index in [-0.39, 0.29) is 17.4 Å². The van der Waals surface area contributed by atoms with Crippen LogP contribution in [0.15, 0.2) is 12.1 Å². The Morgan fingerprint density at radius 1 is 1.40 bits per heavy atom. The number of rotatable bonds is 2. The summed E-state index contributed by atoms with van der Waals surface area (Å²) in [5.74, 6) is -0.535. The molecule has 0 fully saturated rings. The van der Waals surface area contributed by atoms with Crippen LogP contribution in [-0.4, -0.2) is 23.0 Å². The SMILES string of the molecule is O=C(O)C(O)c1cc2c(cc1Cl)OCO2. The van der Waals surface area contributed by atoms with E-state index in [4.69, 9.17) is 26.2 Å². The fourth-order valence-corrected chi connectivity index (χ4v) is 1.53. The third-order valence-electron chi connectivity index (χ3n) is 2.02. The van der Waals surface area contributed by atoms with E-state index in [1.165, 1.54) is 12.1 Å². The Hall–Kier alpha value is -1.46. The first kappa shape index (κ1) is 10.1. The Morgan fingerprint density at radius 3 is 2.60 bits per heavy atom. The van der Waals surface area contributed by atoms with Crippen molar-refractivity contribution < 1.29 is 24.5 Å². The summed E-state index contributed by atoms with van der Waals surface area (Å²) in [6.07, 6.45) is -1.66. The maximum Gasteiger partial charge on any atom is 0.337 e. The summed E-state index contributed by atoms with van der Waals surface area (Å²) >= 11 is 5.79. The summed E-state index contributed by atoms with van der Waals surface area (Å²) in [4.78, 5) is 10.6. The fourth-order valence-electron chi connectivity index (χ4n) is 1.28. The molecule has 2 N–H and O–H groups in total. The molecule has 1 heterocycles. The van der Waals surface area contributed by atoms with Gasteiger partial charge in [-0.2, -0.15) is 0 Å². The highest BCUT2D eigenvalue weighted by molar-refractivity contribution is 6.31. The normalized spacial score (nSPS) is 15.1. The van der Waals surface area contributed by atoms with Crippen LogP contribution in [0.2, 0.25) is 5.02 Å². The number of aliphatic hydroxyl groups excluding tert-OH is 1. The zero-order valence-electron chi connectivity index (χ0n) is 7.44. The average molecular weight is 231 g/mol. The van der Waals surface area contributed by atoms with Crippen LogP contribution in [0, 0.1) is 0 Å². The molecular weight excluding hydrogens is 224 g/mol. The van der Waals surface area contributed by atoms with Gasteiger partial charge in [-0.25, -0.2) is 4.79 Å². The summed E-state index contributed by atoms with van der Waals surface area (Å²) in [5.41, 5.74) is 0.0911. The van der Waals surface area contributed by atoms with Crippen molar-refractivity contribution in [2.75, 3.05) is 6.79 Å². The van der Waals surface area contributed by atoms with Gasteiger partial charge in [0.2, 0.25) is 6.79 Å². The third kappa shape index (κ3) is 1.71. The predicted molar refractivity (Wildman–Crippen MR) is 50.2 cm³/mol. The molecule has 1 aromatic carbocycles. The van der Waals surface area contributed by atoms with E-state index in [1.807, 2.05) is 0 Å². The van der Waals surface area contributed by atoms with Gasteiger partial charge < -0.3 is 19.7 Å². The van der Waals surface area contributed by atoms with Gasteiger partial charge in [-0.05, 0) is 6.07 Å². The van der Waals surface area contributed by atoms with E-state index < -0.39 is 12.1 Å². The largest absolute Gasteiger partial charge is 0.479 e. The van der Waals surface area contributed by atoms with Crippen molar-refractivity contribution in [1.82, 2.24) is 0 Å². The lowest BCUT2D eigenvalue weighted by atomic mass is 10.1. The molecule has 1 aromatic rings. The van der Waals surface area contributed by atoms with Crippen molar-refractivity contribution >= 4 is 17.6 Å². The van der Waals surface area contributed by atoms with Gasteiger partial charge in [-0.3, -0.25) is 0 Å². The molecule has 0 saturated carbocycles. The molecular formula is C9H7ClO5. The van der Waals surface area contributed by atoms with Crippen molar-refractivity contribution in [3.05, 3.63) is 22.7 Å². The van der Waals surface area contributed by atoms with Crippen molar-refractivity contribution in [2.45, 2.75) is 6.10 Å². The summed E-state index contributed by atoms with van der Waals surface area (Å²) < 4.78 is 10.1. The second-order valence-electron chi connectivity index (χ2n) is 2.97. The smallest absolute Gasteiger partial charge is 0.337 e. The maximum atomic E-state index is 10.6. The van der Waals surface area contributed by atoms with Crippen LogP contribution in [0.5, 0.6) is 11.5 Å². The van der Waals surface area contributed by atoms with Crippen molar-refractivity contribution in [3.8, 4) is 11.5 Å². The van der Waals surface area contributed by atoms with Crippen LogP contribution in [0.1, 0.15) is 11.7 Å². The zero-order chi connectivity index (χ0) is 11.0. The molecule has 80 valence electrons.